The molecule has 3 heterocycles. The highest BCUT2D eigenvalue weighted by molar-refractivity contribution is 6.01. The van der Waals surface area contributed by atoms with Crippen LogP contribution in [0.1, 0.15) is 36.9 Å². The Morgan fingerprint density at radius 3 is 2.81 bits per heavy atom. The standard InChI is InChI=1S/C17H18N2O2/c1-11(20)18-9-7-14-17(18)16(21)10-15-13-5-3-2-4-12(13)6-8-19(14)15/h2-5,15H,6-10H2,1H3. The SMILES string of the molecule is CC(=O)N1CCC2=C1C(=O)CC1c3ccccc3CCN21. The second-order valence-electron chi connectivity index (χ2n) is 6.00. The maximum atomic E-state index is 12.6. The molecular weight excluding hydrogens is 264 g/mol. The van der Waals surface area contributed by atoms with Crippen molar-refractivity contribution in [3.63, 3.8) is 0 Å². The summed E-state index contributed by atoms with van der Waals surface area (Å²) in [6.07, 6.45) is 2.30. The second-order valence-corrected chi connectivity index (χ2v) is 6.00. The van der Waals surface area contributed by atoms with Crippen LogP contribution in [0, 0.1) is 0 Å². The van der Waals surface area contributed by atoms with Gasteiger partial charge in [0.15, 0.2) is 5.78 Å². The van der Waals surface area contributed by atoms with E-state index >= 15 is 0 Å². The molecule has 0 radical (unpaired) electrons. The lowest BCUT2D eigenvalue weighted by Gasteiger charge is -2.42. The highest BCUT2D eigenvalue weighted by Crippen LogP contribution is 2.43. The zero-order valence-corrected chi connectivity index (χ0v) is 12.1. The summed E-state index contributed by atoms with van der Waals surface area (Å²) in [5.41, 5.74) is 4.39. The lowest BCUT2D eigenvalue weighted by atomic mass is 9.86. The van der Waals surface area contributed by atoms with Crippen LogP contribution in [0.2, 0.25) is 0 Å². The fraction of sp³-hybridized carbons (Fsp3) is 0.412. The van der Waals surface area contributed by atoms with E-state index in [1.54, 1.807) is 11.8 Å². The van der Waals surface area contributed by atoms with Gasteiger partial charge in [-0.3, -0.25) is 9.59 Å². The summed E-state index contributed by atoms with van der Waals surface area (Å²) in [4.78, 5) is 28.3. The van der Waals surface area contributed by atoms with Crippen molar-refractivity contribution in [2.75, 3.05) is 13.1 Å². The van der Waals surface area contributed by atoms with Gasteiger partial charge in [-0.1, -0.05) is 24.3 Å². The number of allylic oxidation sites excluding steroid dienone is 1. The van der Waals surface area contributed by atoms with Crippen LogP contribution >= 0.6 is 0 Å². The van der Waals surface area contributed by atoms with Crippen LogP contribution in [-0.4, -0.2) is 34.6 Å². The van der Waals surface area contributed by atoms with Crippen LogP contribution in [-0.2, 0) is 16.0 Å². The van der Waals surface area contributed by atoms with Crippen molar-refractivity contribution < 1.29 is 9.59 Å². The van der Waals surface area contributed by atoms with Gasteiger partial charge in [0.1, 0.15) is 5.70 Å². The van der Waals surface area contributed by atoms with Gasteiger partial charge < -0.3 is 9.80 Å². The molecular formula is C17H18N2O2. The average molecular weight is 282 g/mol. The Kier molecular flexibility index (Phi) is 2.67. The molecule has 4 rings (SSSR count). The minimum Gasteiger partial charge on any atom is -0.365 e. The molecule has 108 valence electrons. The smallest absolute Gasteiger partial charge is 0.224 e. The number of benzene rings is 1. The number of fused-ring (bicyclic) bond motifs is 4. The zero-order valence-electron chi connectivity index (χ0n) is 12.1. The molecule has 0 aliphatic carbocycles. The monoisotopic (exact) mass is 282 g/mol. The van der Waals surface area contributed by atoms with E-state index in [2.05, 4.69) is 23.1 Å². The Morgan fingerprint density at radius 1 is 1.19 bits per heavy atom. The van der Waals surface area contributed by atoms with Crippen molar-refractivity contribution >= 4 is 11.7 Å². The minimum absolute atomic E-state index is 0.0239. The van der Waals surface area contributed by atoms with E-state index in [-0.39, 0.29) is 17.7 Å². The maximum absolute atomic E-state index is 12.6. The lowest BCUT2D eigenvalue weighted by molar-refractivity contribution is -0.130. The van der Waals surface area contributed by atoms with Crippen molar-refractivity contribution in [3.8, 4) is 0 Å². The fourth-order valence-electron chi connectivity index (χ4n) is 3.98. The van der Waals surface area contributed by atoms with E-state index in [0.29, 0.717) is 18.7 Å². The second kappa shape index (κ2) is 4.45. The first-order chi connectivity index (χ1) is 10.2. The molecule has 0 fully saturated rings. The molecule has 0 spiro atoms. The van der Waals surface area contributed by atoms with Crippen LogP contribution in [0.5, 0.6) is 0 Å². The number of hydrogen-bond donors (Lipinski definition) is 0. The number of hydrogen-bond acceptors (Lipinski definition) is 3. The molecule has 21 heavy (non-hydrogen) atoms. The first-order valence-corrected chi connectivity index (χ1v) is 7.55. The zero-order chi connectivity index (χ0) is 14.6. The highest BCUT2D eigenvalue weighted by atomic mass is 16.2. The first-order valence-electron chi connectivity index (χ1n) is 7.55. The lowest BCUT2D eigenvalue weighted by Crippen LogP contribution is -2.41. The van der Waals surface area contributed by atoms with Gasteiger partial charge in [-0.25, -0.2) is 0 Å². The first kappa shape index (κ1) is 12.6. The third-order valence-corrected chi connectivity index (χ3v) is 4.90. The van der Waals surface area contributed by atoms with Gasteiger partial charge in [0.05, 0.1) is 6.04 Å². The normalized spacial score (nSPS) is 23.9. The predicted molar refractivity (Wildman–Crippen MR) is 78.2 cm³/mol. The van der Waals surface area contributed by atoms with E-state index in [0.717, 1.165) is 25.1 Å². The molecule has 0 N–H and O–H groups in total. The Labute approximate surface area is 124 Å². The summed E-state index contributed by atoms with van der Waals surface area (Å²) in [6.45, 7) is 3.14. The van der Waals surface area contributed by atoms with Gasteiger partial charge in [-0.15, -0.1) is 0 Å². The number of amides is 1. The van der Waals surface area contributed by atoms with Crippen molar-refractivity contribution in [1.82, 2.24) is 9.80 Å². The molecule has 1 aromatic carbocycles. The molecule has 0 saturated heterocycles. The molecule has 4 heteroatoms. The maximum Gasteiger partial charge on any atom is 0.224 e. The van der Waals surface area contributed by atoms with Crippen molar-refractivity contribution in [1.29, 1.82) is 0 Å². The third-order valence-electron chi connectivity index (χ3n) is 4.90. The summed E-state index contributed by atoms with van der Waals surface area (Å²) >= 11 is 0. The molecule has 0 aromatic heterocycles. The number of carbonyl (C=O) groups excluding carboxylic acids is 2. The Balaban J connectivity index is 1.79. The number of nitrogens with zero attached hydrogens (tertiary/aromatic N) is 2. The van der Waals surface area contributed by atoms with Crippen LogP contribution in [0.25, 0.3) is 0 Å². The summed E-state index contributed by atoms with van der Waals surface area (Å²) in [5, 5.41) is 0. The average Bonchev–Trinajstić information content (AvgIpc) is 2.93. The van der Waals surface area contributed by atoms with Crippen LogP contribution in [0.4, 0.5) is 0 Å². The fourth-order valence-corrected chi connectivity index (χ4v) is 3.98. The van der Waals surface area contributed by atoms with Crippen LogP contribution in [0.3, 0.4) is 0 Å². The largest absolute Gasteiger partial charge is 0.365 e. The molecule has 1 atom stereocenters. The number of ketones is 1. The van der Waals surface area contributed by atoms with Crippen LogP contribution in [0.15, 0.2) is 35.7 Å². The van der Waals surface area contributed by atoms with Gasteiger partial charge >= 0.3 is 0 Å². The summed E-state index contributed by atoms with van der Waals surface area (Å²) in [5.74, 6) is 0.0971. The van der Waals surface area contributed by atoms with Gasteiger partial charge in [0.2, 0.25) is 5.91 Å². The van der Waals surface area contributed by atoms with E-state index in [1.807, 2.05) is 6.07 Å². The third kappa shape index (κ3) is 1.75. The van der Waals surface area contributed by atoms with Gasteiger partial charge in [0.25, 0.3) is 0 Å². The molecule has 1 unspecified atom stereocenters. The minimum atomic E-state index is -0.0239. The predicted octanol–water partition coefficient (Wildman–Crippen LogP) is 2.02. The highest BCUT2D eigenvalue weighted by Gasteiger charge is 2.42. The molecule has 1 amide bonds. The van der Waals surface area contributed by atoms with E-state index < -0.39 is 0 Å². The van der Waals surface area contributed by atoms with Crippen molar-refractivity contribution in [3.05, 3.63) is 46.8 Å². The summed E-state index contributed by atoms with van der Waals surface area (Å²) < 4.78 is 0. The van der Waals surface area contributed by atoms with Gasteiger partial charge in [-0.2, -0.15) is 0 Å². The molecule has 4 nitrogen and oxygen atoms in total. The van der Waals surface area contributed by atoms with E-state index in [9.17, 15) is 9.59 Å². The van der Waals surface area contributed by atoms with E-state index in [4.69, 9.17) is 0 Å². The Morgan fingerprint density at radius 2 is 2.00 bits per heavy atom. The van der Waals surface area contributed by atoms with Gasteiger partial charge in [0, 0.05) is 38.6 Å². The molecule has 3 aliphatic rings. The number of rotatable bonds is 0. The van der Waals surface area contributed by atoms with Crippen molar-refractivity contribution in [2.24, 2.45) is 0 Å². The van der Waals surface area contributed by atoms with Gasteiger partial charge in [-0.05, 0) is 17.5 Å². The summed E-state index contributed by atoms with van der Waals surface area (Å²) in [7, 11) is 0. The number of Topliss-reactive ketones (excluding diaryl/α,β-unsaturated/α-hetero) is 1. The molecule has 0 bridgehead atoms. The molecule has 3 aliphatic heterocycles. The summed E-state index contributed by atoms with van der Waals surface area (Å²) in [6, 6.07) is 8.58. The Bertz CT molecular complexity index is 677. The van der Waals surface area contributed by atoms with Crippen molar-refractivity contribution in [2.45, 2.75) is 32.2 Å². The Hall–Kier alpha value is -2.10. The van der Waals surface area contributed by atoms with Crippen LogP contribution < -0.4 is 0 Å². The topological polar surface area (TPSA) is 40.6 Å². The van der Waals surface area contributed by atoms with E-state index in [1.165, 1.54) is 11.1 Å². The number of carbonyl (C=O) groups is 2. The molecule has 1 aromatic rings. The molecule has 0 saturated carbocycles. The quantitative estimate of drug-likeness (QED) is 0.731.